The summed E-state index contributed by atoms with van der Waals surface area (Å²) >= 11 is 1.61. The van der Waals surface area contributed by atoms with E-state index in [4.69, 9.17) is 5.84 Å². The minimum atomic E-state index is 0.644. The molecule has 0 atom stereocenters. The van der Waals surface area contributed by atoms with Crippen LogP contribution in [-0.4, -0.2) is 9.97 Å². The molecule has 0 saturated carbocycles. The number of nitrogens with zero attached hydrogens (tertiary/aromatic N) is 2. The number of anilines is 1. The number of benzene rings is 2. The Morgan fingerprint density at radius 2 is 1.86 bits per heavy atom. The molecule has 0 bridgehead atoms. The third-order valence-electron chi connectivity index (χ3n) is 3.16. The molecule has 106 valence electrons. The number of hydrogen-bond acceptors (Lipinski definition) is 5. The Bertz CT molecular complexity index is 751. The van der Waals surface area contributed by atoms with Gasteiger partial charge in [0.15, 0.2) is 0 Å². The highest BCUT2D eigenvalue weighted by atomic mass is 32.2. The van der Waals surface area contributed by atoms with Gasteiger partial charge in [-0.1, -0.05) is 49.0 Å². The van der Waals surface area contributed by atoms with Crippen LogP contribution in [0.4, 0.5) is 5.82 Å². The Hall–Kier alpha value is -2.11. The molecule has 0 fully saturated rings. The molecule has 2 aromatic carbocycles. The van der Waals surface area contributed by atoms with Crippen LogP contribution in [0.3, 0.4) is 0 Å². The number of aryl methyl sites for hydroxylation is 1. The van der Waals surface area contributed by atoms with Gasteiger partial charge in [-0.15, -0.1) is 0 Å². The first-order chi connectivity index (χ1) is 10.3. The molecule has 21 heavy (non-hydrogen) atoms. The average Bonchev–Trinajstić information content (AvgIpc) is 2.54. The van der Waals surface area contributed by atoms with E-state index in [0.717, 1.165) is 22.2 Å². The van der Waals surface area contributed by atoms with Gasteiger partial charge < -0.3 is 5.43 Å². The van der Waals surface area contributed by atoms with E-state index in [1.54, 1.807) is 11.8 Å². The van der Waals surface area contributed by atoms with Crippen LogP contribution in [0, 0.1) is 0 Å². The SMILES string of the molecule is CCc1nc(NN)cc(Sc2ccc3ccccc3c2)n1. The molecule has 0 aliphatic rings. The third-order valence-corrected chi connectivity index (χ3v) is 4.06. The number of hydrazine groups is 1. The van der Waals surface area contributed by atoms with E-state index >= 15 is 0 Å². The topological polar surface area (TPSA) is 63.8 Å². The number of hydrogen-bond donors (Lipinski definition) is 2. The highest BCUT2D eigenvalue weighted by Crippen LogP contribution is 2.30. The quantitative estimate of drug-likeness (QED) is 0.437. The minimum Gasteiger partial charge on any atom is -0.308 e. The molecule has 0 radical (unpaired) electrons. The lowest BCUT2D eigenvalue weighted by molar-refractivity contribution is 0.888. The van der Waals surface area contributed by atoms with Gasteiger partial charge in [0, 0.05) is 17.4 Å². The summed E-state index contributed by atoms with van der Waals surface area (Å²) < 4.78 is 0. The minimum absolute atomic E-state index is 0.644. The van der Waals surface area contributed by atoms with Crippen molar-refractivity contribution in [1.82, 2.24) is 9.97 Å². The van der Waals surface area contributed by atoms with Crippen molar-refractivity contribution in [3.8, 4) is 0 Å². The van der Waals surface area contributed by atoms with E-state index in [1.807, 2.05) is 25.1 Å². The van der Waals surface area contributed by atoms with Gasteiger partial charge in [-0.25, -0.2) is 15.8 Å². The maximum absolute atomic E-state index is 5.46. The normalized spacial score (nSPS) is 10.8. The van der Waals surface area contributed by atoms with Crippen molar-refractivity contribution in [1.29, 1.82) is 0 Å². The Kier molecular flexibility index (Phi) is 4.03. The predicted octanol–water partition coefficient (Wildman–Crippen LogP) is 3.63. The lowest BCUT2D eigenvalue weighted by Crippen LogP contribution is -2.10. The zero-order chi connectivity index (χ0) is 14.7. The Balaban J connectivity index is 1.94. The van der Waals surface area contributed by atoms with Crippen molar-refractivity contribution in [2.45, 2.75) is 23.3 Å². The lowest BCUT2D eigenvalue weighted by atomic mass is 10.1. The second-order valence-electron chi connectivity index (χ2n) is 4.62. The Morgan fingerprint density at radius 1 is 1.05 bits per heavy atom. The molecule has 3 aromatic rings. The summed E-state index contributed by atoms with van der Waals surface area (Å²) in [5.41, 5.74) is 2.59. The lowest BCUT2D eigenvalue weighted by Gasteiger charge is -2.07. The summed E-state index contributed by atoms with van der Waals surface area (Å²) in [6.07, 6.45) is 0.779. The summed E-state index contributed by atoms with van der Waals surface area (Å²) in [4.78, 5) is 9.98. The van der Waals surface area contributed by atoms with Crippen LogP contribution in [0.5, 0.6) is 0 Å². The second-order valence-corrected chi connectivity index (χ2v) is 5.71. The van der Waals surface area contributed by atoms with Crippen LogP contribution < -0.4 is 11.3 Å². The molecule has 0 unspecified atom stereocenters. The van der Waals surface area contributed by atoms with Crippen molar-refractivity contribution < 1.29 is 0 Å². The first-order valence-corrected chi connectivity index (χ1v) is 7.61. The Labute approximate surface area is 127 Å². The van der Waals surface area contributed by atoms with Crippen LogP contribution in [0.25, 0.3) is 10.8 Å². The zero-order valence-electron chi connectivity index (χ0n) is 11.7. The molecule has 3 rings (SSSR count). The number of nitrogens with two attached hydrogens (primary N) is 1. The van der Waals surface area contributed by atoms with E-state index in [9.17, 15) is 0 Å². The van der Waals surface area contributed by atoms with Gasteiger partial charge in [0.05, 0.1) is 0 Å². The molecular weight excluding hydrogens is 280 g/mol. The fourth-order valence-electron chi connectivity index (χ4n) is 2.11. The summed E-state index contributed by atoms with van der Waals surface area (Å²) in [7, 11) is 0. The molecule has 0 aliphatic carbocycles. The van der Waals surface area contributed by atoms with E-state index in [2.05, 4.69) is 45.7 Å². The summed E-state index contributed by atoms with van der Waals surface area (Å²) in [5.74, 6) is 6.89. The van der Waals surface area contributed by atoms with Crippen molar-refractivity contribution >= 4 is 28.4 Å². The van der Waals surface area contributed by atoms with E-state index in [1.165, 1.54) is 10.8 Å². The van der Waals surface area contributed by atoms with Crippen LogP contribution in [0.1, 0.15) is 12.7 Å². The van der Waals surface area contributed by atoms with Crippen LogP contribution in [-0.2, 0) is 6.42 Å². The Morgan fingerprint density at radius 3 is 2.62 bits per heavy atom. The average molecular weight is 296 g/mol. The van der Waals surface area contributed by atoms with Crippen molar-refractivity contribution in [2.75, 3.05) is 5.43 Å². The molecule has 4 nitrogen and oxygen atoms in total. The number of aromatic nitrogens is 2. The van der Waals surface area contributed by atoms with Gasteiger partial charge in [-0.3, -0.25) is 0 Å². The highest BCUT2D eigenvalue weighted by molar-refractivity contribution is 7.99. The summed E-state index contributed by atoms with van der Waals surface area (Å²) in [6, 6.07) is 16.6. The van der Waals surface area contributed by atoms with Gasteiger partial charge in [-0.2, -0.15) is 0 Å². The molecule has 3 N–H and O–H groups in total. The number of rotatable bonds is 4. The van der Waals surface area contributed by atoms with E-state index < -0.39 is 0 Å². The highest BCUT2D eigenvalue weighted by Gasteiger charge is 2.05. The second kappa shape index (κ2) is 6.11. The monoisotopic (exact) mass is 296 g/mol. The summed E-state index contributed by atoms with van der Waals surface area (Å²) in [5, 5.41) is 3.36. The first kappa shape index (κ1) is 13.9. The molecule has 0 saturated heterocycles. The van der Waals surface area contributed by atoms with Crippen molar-refractivity contribution in [2.24, 2.45) is 5.84 Å². The van der Waals surface area contributed by atoms with Crippen molar-refractivity contribution in [3.63, 3.8) is 0 Å². The number of fused-ring (bicyclic) bond motifs is 1. The molecule has 0 amide bonds. The van der Waals surface area contributed by atoms with E-state index in [-0.39, 0.29) is 0 Å². The van der Waals surface area contributed by atoms with Gasteiger partial charge >= 0.3 is 0 Å². The van der Waals surface area contributed by atoms with Crippen LogP contribution >= 0.6 is 11.8 Å². The predicted molar refractivity (Wildman–Crippen MR) is 87.3 cm³/mol. The maximum Gasteiger partial charge on any atom is 0.144 e. The summed E-state index contributed by atoms with van der Waals surface area (Å²) in [6.45, 7) is 2.03. The molecule has 5 heteroatoms. The van der Waals surface area contributed by atoms with Gasteiger partial charge in [-0.05, 0) is 22.9 Å². The van der Waals surface area contributed by atoms with E-state index in [0.29, 0.717) is 5.82 Å². The fraction of sp³-hybridized carbons (Fsp3) is 0.125. The molecule has 1 heterocycles. The molecule has 0 aliphatic heterocycles. The van der Waals surface area contributed by atoms with Crippen LogP contribution in [0.2, 0.25) is 0 Å². The largest absolute Gasteiger partial charge is 0.308 e. The smallest absolute Gasteiger partial charge is 0.144 e. The number of nitrogens with one attached hydrogen (secondary N) is 1. The third kappa shape index (κ3) is 3.15. The molecular formula is C16H16N4S. The van der Waals surface area contributed by atoms with Gasteiger partial charge in [0.1, 0.15) is 16.7 Å². The molecule has 0 spiro atoms. The van der Waals surface area contributed by atoms with Gasteiger partial charge in [0.25, 0.3) is 0 Å². The van der Waals surface area contributed by atoms with Crippen molar-refractivity contribution in [3.05, 3.63) is 54.4 Å². The first-order valence-electron chi connectivity index (χ1n) is 6.79. The fourth-order valence-corrected chi connectivity index (χ4v) is 2.99. The van der Waals surface area contributed by atoms with Gasteiger partial charge in [0.2, 0.25) is 0 Å². The van der Waals surface area contributed by atoms with Crippen LogP contribution in [0.15, 0.2) is 58.5 Å². The standard InChI is InChI=1S/C16H16N4S/c1-2-14-18-15(20-17)10-16(19-14)21-13-8-7-11-5-3-4-6-12(11)9-13/h3-10H,2,17H2,1H3,(H,18,19,20). The maximum atomic E-state index is 5.46. The molecule has 1 aromatic heterocycles. The number of nitrogen functional groups attached to an aromatic ring is 1. The zero-order valence-corrected chi connectivity index (χ0v) is 12.5.